The molecule has 2 aromatic rings. The highest BCUT2D eigenvalue weighted by Crippen LogP contribution is 2.37. The first-order chi connectivity index (χ1) is 13.8. The predicted molar refractivity (Wildman–Crippen MR) is 105 cm³/mol. The maximum absolute atomic E-state index is 13.2. The molecule has 1 aliphatic rings. The van der Waals surface area contributed by atoms with Crippen LogP contribution in [0.3, 0.4) is 0 Å². The van der Waals surface area contributed by atoms with Crippen molar-refractivity contribution in [2.45, 2.75) is 18.4 Å². The van der Waals surface area contributed by atoms with E-state index in [0.717, 1.165) is 4.31 Å². The van der Waals surface area contributed by atoms with Crippen LogP contribution in [-0.4, -0.2) is 45.7 Å². The number of ether oxygens (including phenoxy) is 4. The minimum absolute atomic E-state index is 0.0134. The summed E-state index contributed by atoms with van der Waals surface area (Å²) in [6, 6.07) is 9.04. The molecule has 0 saturated heterocycles. The summed E-state index contributed by atoms with van der Waals surface area (Å²) in [6.45, 7) is 1.23. The van der Waals surface area contributed by atoms with Crippen LogP contribution in [0.5, 0.6) is 17.2 Å². The monoisotopic (exact) mass is 441 g/mol. The Bertz CT molecular complexity index is 992. The fraction of sp³-hybridized carbons (Fsp3) is 0.316. The van der Waals surface area contributed by atoms with Gasteiger partial charge in [-0.15, -0.1) is 0 Å². The normalized spacial score (nSPS) is 12.8. The zero-order chi connectivity index (χ0) is 21.0. The average molecular weight is 442 g/mol. The third-order valence-corrected chi connectivity index (χ3v) is 6.35. The Balaban J connectivity index is 1.94. The minimum atomic E-state index is -4.02. The number of hydrogen-bond donors (Lipinski definition) is 0. The Morgan fingerprint density at radius 2 is 1.83 bits per heavy atom. The summed E-state index contributed by atoms with van der Waals surface area (Å²) in [4.78, 5) is 12.1. The summed E-state index contributed by atoms with van der Waals surface area (Å²) < 4.78 is 48.0. The molecule has 0 atom stereocenters. The number of carbonyl (C=O) groups is 1. The first-order valence-electron chi connectivity index (χ1n) is 8.73. The van der Waals surface area contributed by atoms with E-state index in [0.29, 0.717) is 27.8 Å². The summed E-state index contributed by atoms with van der Waals surface area (Å²) in [6.07, 6.45) is 0. The van der Waals surface area contributed by atoms with Gasteiger partial charge in [0, 0.05) is 17.6 Å². The van der Waals surface area contributed by atoms with E-state index in [1.54, 1.807) is 19.1 Å². The first-order valence-corrected chi connectivity index (χ1v) is 10.5. The number of rotatable bonds is 8. The van der Waals surface area contributed by atoms with E-state index >= 15 is 0 Å². The standard InChI is InChI=1S/C19H20ClNO7S/c1-3-26-19(22)11-21(29(23,24)15-6-4-14(25-2)5-7-15)10-13-8-17-18(9-16(13)20)28-12-27-17/h4-9H,3,10-12H2,1-2H3. The van der Waals surface area contributed by atoms with Crippen molar-refractivity contribution in [1.29, 1.82) is 0 Å². The van der Waals surface area contributed by atoms with Gasteiger partial charge in [0.25, 0.3) is 0 Å². The van der Waals surface area contributed by atoms with Crippen LogP contribution in [0.1, 0.15) is 12.5 Å². The Kier molecular flexibility index (Phi) is 6.51. The van der Waals surface area contributed by atoms with Crippen molar-refractivity contribution in [3.8, 4) is 17.2 Å². The highest BCUT2D eigenvalue weighted by Gasteiger charge is 2.29. The molecule has 0 radical (unpaired) electrons. The van der Waals surface area contributed by atoms with Gasteiger partial charge in [0.05, 0.1) is 18.6 Å². The number of halogens is 1. The number of sulfonamides is 1. The summed E-state index contributed by atoms with van der Waals surface area (Å²) in [7, 11) is -2.54. The Labute approximate surface area is 173 Å². The largest absolute Gasteiger partial charge is 0.497 e. The van der Waals surface area contributed by atoms with Crippen molar-refractivity contribution < 1.29 is 32.2 Å². The van der Waals surface area contributed by atoms with Gasteiger partial charge in [-0.05, 0) is 42.8 Å². The zero-order valence-corrected chi connectivity index (χ0v) is 17.5. The molecule has 8 nitrogen and oxygen atoms in total. The van der Waals surface area contributed by atoms with Crippen molar-refractivity contribution in [1.82, 2.24) is 4.31 Å². The van der Waals surface area contributed by atoms with Gasteiger partial charge in [0.2, 0.25) is 16.8 Å². The van der Waals surface area contributed by atoms with Crippen molar-refractivity contribution in [2.24, 2.45) is 0 Å². The number of hydrogen-bond acceptors (Lipinski definition) is 7. The first kappa shape index (κ1) is 21.2. The molecule has 0 unspecified atom stereocenters. The molecule has 0 aliphatic carbocycles. The van der Waals surface area contributed by atoms with Crippen LogP contribution in [0, 0.1) is 0 Å². The van der Waals surface area contributed by atoms with E-state index in [-0.39, 0.29) is 24.8 Å². The van der Waals surface area contributed by atoms with Gasteiger partial charge < -0.3 is 18.9 Å². The molecule has 1 heterocycles. The van der Waals surface area contributed by atoms with Crippen molar-refractivity contribution in [3.05, 3.63) is 47.0 Å². The molecule has 0 spiro atoms. The van der Waals surface area contributed by atoms with E-state index in [2.05, 4.69) is 0 Å². The summed E-state index contributed by atoms with van der Waals surface area (Å²) in [5.74, 6) is 0.789. The molecule has 0 aromatic heterocycles. The molecular formula is C19H20ClNO7S. The second-order valence-electron chi connectivity index (χ2n) is 6.05. The summed E-state index contributed by atoms with van der Waals surface area (Å²) in [5, 5.41) is 0.299. The number of fused-ring (bicyclic) bond motifs is 1. The molecule has 10 heteroatoms. The van der Waals surface area contributed by atoms with Gasteiger partial charge in [-0.1, -0.05) is 11.6 Å². The zero-order valence-electron chi connectivity index (χ0n) is 15.9. The molecule has 3 rings (SSSR count). The van der Waals surface area contributed by atoms with Crippen LogP contribution in [0.2, 0.25) is 5.02 Å². The lowest BCUT2D eigenvalue weighted by Gasteiger charge is -2.22. The highest BCUT2D eigenvalue weighted by atomic mass is 35.5. The van der Waals surface area contributed by atoms with Crippen LogP contribution in [0.4, 0.5) is 0 Å². The molecule has 156 valence electrons. The lowest BCUT2D eigenvalue weighted by molar-refractivity contribution is -0.143. The van der Waals surface area contributed by atoms with Crippen LogP contribution in [0.15, 0.2) is 41.3 Å². The van der Waals surface area contributed by atoms with E-state index in [4.69, 9.17) is 30.5 Å². The molecule has 0 saturated carbocycles. The minimum Gasteiger partial charge on any atom is -0.497 e. The predicted octanol–water partition coefficient (Wildman–Crippen LogP) is 2.83. The second kappa shape index (κ2) is 8.89. The smallest absolute Gasteiger partial charge is 0.321 e. The number of carbonyl (C=O) groups excluding carboxylic acids is 1. The fourth-order valence-electron chi connectivity index (χ4n) is 2.74. The molecular weight excluding hydrogens is 422 g/mol. The summed E-state index contributed by atoms with van der Waals surface area (Å²) in [5.41, 5.74) is 0.470. The molecule has 29 heavy (non-hydrogen) atoms. The average Bonchev–Trinajstić information content (AvgIpc) is 3.15. The van der Waals surface area contributed by atoms with Gasteiger partial charge in [-0.2, -0.15) is 4.31 Å². The molecule has 0 amide bonds. The maximum atomic E-state index is 13.2. The van der Waals surface area contributed by atoms with E-state index in [9.17, 15) is 13.2 Å². The number of nitrogens with zero attached hydrogens (tertiary/aromatic N) is 1. The lowest BCUT2D eigenvalue weighted by Crippen LogP contribution is -2.36. The van der Waals surface area contributed by atoms with Crippen LogP contribution >= 0.6 is 11.6 Å². The van der Waals surface area contributed by atoms with Crippen LogP contribution < -0.4 is 14.2 Å². The van der Waals surface area contributed by atoms with Crippen molar-refractivity contribution in [3.63, 3.8) is 0 Å². The van der Waals surface area contributed by atoms with E-state index < -0.39 is 22.5 Å². The Morgan fingerprint density at radius 1 is 1.17 bits per heavy atom. The van der Waals surface area contributed by atoms with E-state index in [1.807, 2.05) is 0 Å². The van der Waals surface area contributed by atoms with Crippen LogP contribution in [-0.2, 0) is 26.1 Å². The van der Waals surface area contributed by atoms with Crippen LogP contribution in [0.25, 0.3) is 0 Å². The van der Waals surface area contributed by atoms with E-state index in [1.165, 1.54) is 31.4 Å². The summed E-state index contributed by atoms with van der Waals surface area (Å²) >= 11 is 6.30. The van der Waals surface area contributed by atoms with Gasteiger partial charge in [-0.25, -0.2) is 8.42 Å². The number of benzene rings is 2. The number of methoxy groups -OCH3 is 1. The third kappa shape index (κ3) is 4.75. The number of esters is 1. The lowest BCUT2D eigenvalue weighted by atomic mass is 10.2. The molecule has 2 aromatic carbocycles. The molecule has 0 fully saturated rings. The third-order valence-electron chi connectivity index (χ3n) is 4.20. The Hall–Kier alpha value is -2.49. The second-order valence-corrected chi connectivity index (χ2v) is 8.40. The SMILES string of the molecule is CCOC(=O)CN(Cc1cc2c(cc1Cl)OCO2)S(=O)(=O)c1ccc(OC)cc1. The van der Waals surface area contributed by atoms with Gasteiger partial charge in [0.1, 0.15) is 12.3 Å². The van der Waals surface area contributed by atoms with Crippen molar-refractivity contribution in [2.75, 3.05) is 27.1 Å². The maximum Gasteiger partial charge on any atom is 0.321 e. The Morgan fingerprint density at radius 3 is 2.45 bits per heavy atom. The molecule has 0 N–H and O–H groups in total. The van der Waals surface area contributed by atoms with Gasteiger partial charge >= 0.3 is 5.97 Å². The topological polar surface area (TPSA) is 91.4 Å². The van der Waals surface area contributed by atoms with Gasteiger partial charge in [-0.3, -0.25) is 4.79 Å². The molecule has 0 bridgehead atoms. The van der Waals surface area contributed by atoms with Crippen molar-refractivity contribution >= 4 is 27.6 Å². The quantitative estimate of drug-likeness (QED) is 0.581. The fourth-order valence-corrected chi connectivity index (χ4v) is 4.32. The highest BCUT2D eigenvalue weighted by molar-refractivity contribution is 7.89. The molecule has 1 aliphatic heterocycles. The van der Waals surface area contributed by atoms with Gasteiger partial charge in [0.15, 0.2) is 11.5 Å².